The number of para-hydroxylation sites is 2. The summed E-state index contributed by atoms with van der Waals surface area (Å²) >= 11 is 0. The zero-order valence-electron chi connectivity index (χ0n) is 15.7. The Morgan fingerprint density at radius 3 is 2.41 bits per heavy atom. The predicted octanol–water partition coefficient (Wildman–Crippen LogP) is 2.05. The number of benzene rings is 1. The molecule has 27 heavy (non-hydrogen) atoms. The summed E-state index contributed by atoms with van der Waals surface area (Å²) in [6, 6.07) is 9.93. The Bertz CT molecular complexity index is 798. The molecule has 0 bridgehead atoms. The van der Waals surface area contributed by atoms with Crippen molar-refractivity contribution in [3.05, 3.63) is 42.4 Å². The van der Waals surface area contributed by atoms with Crippen LogP contribution in [0.4, 0.5) is 11.5 Å². The standard InChI is InChI=1S/C20H25N5O2/c1-27-18-7-3-2-6-17(18)23-10-12-24(13-11-23)19-14-16(21-15-22-19)20(26)25-8-4-5-9-25/h2-3,6-7,14-15H,4-5,8-13H2,1H3. The Morgan fingerprint density at radius 1 is 0.963 bits per heavy atom. The molecule has 0 radical (unpaired) electrons. The van der Waals surface area contributed by atoms with Crippen LogP contribution in [0.5, 0.6) is 5.75 Å². The maximum Gasteiger partial charge on any atom is 0.272 e. The molecule has 0 atom stereocenters. The molecule has 0 aliphatic carbocycles. The fourth-order valence-corrected chi connectivity index (χ4v) is 3.79. The second-order valence-electron chi connectivity index (χ2n) is 6.91. The maximum absolute atomic E-state index is 12.6. The number of rotatable bonds is 4. The van der Waals surface area contributed by atoms with Crippen LogP contribution >= 0.6 is 0 Å². The smallest absolute Gasteiger partial charge is 0.272 e. The first kappa shape index (κ1) is 17.6. The van der Waals surface area contributed by atoms with E-state index in [1.807, 2.05) is 29.2 Å². The van der Waals surface area contributed by atoms with Crippen molar-refractivity contribution in [2.45, 2.75) is 12.8 Å². The van der Waals surface area contributed by atoms with Crippen molar-refractivity contribution in [2.24, 2.45) is 0 Å². The molecule has 1 amide bonds. The van der Waals surface area contributed by atoms with Crippen molar-refractivity contribution in [3.8, 4) is 5.75 Å². The highest BCUT2D eigenvalue weighted by Crippen LogP contribution is 2.29. The van der Waals surface area contributed by atoms with Crippen LogP contribution < -0.4 is 14.5 Å². The molecule has 0 N–H and O–H groups in total. The third-order valence-corrected chi connectivity index (χ3v) is 5.29. The molecule has 2 aromatic rings. The van der Waals surface area contributed by atoms with Gasteiger partial charge in [-0.1, -0.05) is 12.1 Å². The zero-order chi connectivity index (χ0) is 18.6. The molecule has 4 rings (SSSR count). The number of carbonyl (C=O) groups excluding carboxylic acids is 1. The van der Waals surface area contributed by atoms with Crippen LogP contribution in [0.25, 0.3) is 0 Å². The normalized spacial score (nSPS) is 17.3. The molecular weight excluding hydrogens is 342 g/mol. The number of anilines is 2. The fourth-order valence-electron chi connectivity index (χ4n) is 3.79. The van der Waals surface area contributed by atoms with Crippen LogP contribution in [0.1, 0.15) is 23.3 Å². The van der Waals surface area contributed by atoms with Gasteiger partial charge in [0.2, 0.25) is 0 Å². The first-order valence-electron chi connectivity index (χ1n) is 9.50. The average molecular weight is 367 g/mol. The van der Waals surface area contributed by atoms with Crippen LogP contribution in [0.3, 0.4) is 0 Å². The minimum Gasteiger partial charge on any atom is -0.495 e. The molecule has 0 unspecified atom stereocenters. The summed E-state index contributed by atoms with van der Waals surface area (Å²) in [5, 5.41) is 0. The van der Waals surface area contributed by atoms with Gasteiger partial charge in [0.25, 0.3) is 5.91 Å². The van der Waals surface area contributed by atoms with Crippen LogP contribution in [-0.4, -0.2) is 67.2 Å². The van der Waals surface area contributed by atoms with Gasteiger partial charge < -0.3 is 19.4 Å². The van der Waals surface area contributed by atoms with E-state index in [0.717, 1.165) is 69.4 Å². The van der Waals surface area contributed by atoms with Gasteiger partial charge in [-0.05, 0) is 25.0 Å². The van der Waals surface area contributed by atoms with E-state index < -0.39 is 0 Å². The Balaban J connectivity index is 1.44. The van der Waals surface area contributed by atoms with Gasteiger partial charge in [0, 0.05) is 45.3 Å². The average Bonchev–Trinajstić information content (AvgIpc) is 3.28. The SMILES string of the molecule is COc1ccccc1N1CCN(c2cc(C(=O)N3CCCC3)ncn2)CC1. The summed E-state index contributed by atoms with van der Waals surface area (Å²) in [6.45, 7) is 5.09. The molecule has 2 aliphatic rings. The third-order valence-electron chi connectivity index (χ3n) is 5.29. The van der Waals surface area contributed by atoms with E-state index in [-0.39, 0.29) is 5.91 Å². The zero-order valence-corrected chi connectivity index (χ0v) is 15.7. The fraction of sp³-hybridized carbons (Fsp3) is 0.450. The molecule has 2 saturated heterocycles. The number of likely N-dealkylation sites (tertiary alicyclic amines) is 1. The molecule has 2 aliphatic heterocycles. The maximum atomic E-state index is 12.6. The van der Waals surface area contributed by atoms with E-state index in [4.69, 9.17) is 4.74 Å². The summed E-state index contributed by atoms with van der Waals surface area (Å²) in [6.07, 6.45) is 3.66. The molecule has 1 aromatic heterocycles. The van der Waals surface area contributed by atoms with E-state index in [0.29, 0.717) is 5.69 Å². The number of carbonyl (C=O) groups is 1. The van der Waals surface area contributed by atoms with E-state index in [1.54, 1.807) is 7.11 Å². The Morgan fingerprint density at radius 2 is 1.67 bits per heavy atom. The summed E-state index contributed by atoms with van der Waals surface area (Å²) in [7, 11) is 1.70. The lowest BCUT2D eigenvalue weighted by molar-refractivity contribution is 0.0787. The first-order valence-corrected chi connectivity index (χ1v) is 9.50. The highest BCUT2D eigenvalue weighted by molar-refractivity contribution is 5.93. The van der Waals surface area contributed by atoms with Crippen molar-refractivity contribution in [1.29, 1.82) is 0 Å². The monoisotopic (exact) mass is 367 g/mol. The van der Waals surface area contributed by atoms with Crippen molar-refractivity contribution >= 4 is 17.4 Å². The number of methoxy groups -OCH3 is 1. The second kappa shape index (κ2) is 7.82. The lowest BCUT2D eigenvalue weighted by Gasteiger charge is -2.37. The van der Waals surface area contributed by atoms with Crippen molar-refractivity contribution in [2.75, 3.05) is 56.2 Å². The van der Waals surface area contributed by atoms with Crippen molar-refractivity contribution in [1.82, 2.24) is 14.9 Å². The number of ether oxygens (including phenoxy) is 1. The van der Waals surface area contributed by atoms with Crippen LogP contribution in [0, 0.1) is 0 Å². The predicted molar refractivity (Wildman–Crippen MR) is 105 cm³/mol. The molecule has 3 heterocycles. The Kier molecular flexibility index (Phi) is 5.09. The quantitative estimate of drug-likeness (QED) is 0.824. The molecule has 1 aromatic carbocycles. The summed E-state index contributed by atoms with van der Waals surface area (Å²) < 4.78 is 5.48. The van der Waals surface area contributed by atoms with Crippen LogP contribution in [0.15, 0.2) is 36.7 Å². The Hall–Kier alpha value is -2.83. The minimum atomic E-state index is 0.0174. The highest BCUT2D eigenvalue weighted by atomic mass is 16.5. The summed E-state index contributed by atoms with van der Waals surface area (Å²) in [5.41, 5.74) is 1.61. The number of hydrogen-bond acceptors (Lipinski definition) is 6. The summed E-state index contributed by atoms with van der Waals surface area (Å²) in [4.78, 5) is 27.6. The lowest BCUT2D eigenvalue weighted by Crippen LogP contribution is -2.47. The third kappa shape index (κ3) is 3.67. The summed E-state index contributed by atoms with van der Waals surface area (Å²) in [5.74, 6) is 1.74. The van der Waals surface area contributed by atoms with Gasteiger partial charge in [-0.15, -0.1) is 0 Å². The highest BCUT2D eigenvalue weighted by Gasteiger charge is 2.24. The molecule has 7 heteroatoms. The van der Waals surface area contributed by atoms with Gasteiger partial charge in [0.15, 0.2) is 0 Å². The second-order valence-corrected chi connectivity index (χ2v) is 6.91. The molecule has 7 nitrogen and oxygen atoms in total. The van der Waals surface area contributed by atoms with Crippen molar-refractivity contribution < 1.29 is 9.53 Å². The minimum absolute atomic E-state index is 0.0174. The van der Waals surface area contributed by atoms with E-state index in [1.165, 1.54) is 6.33 Å². The van der Waals surface area contributed by atoms with Gasteiger partial charge in [-0.2, -0.15) is 0 Å². The molecule has 2 fully saturated rings. The van der Waals surface area contributed by atoms with Gasteiger partial charge in [-0.25, -0.2) is 9.97 Å². The van der Waals surface area contributed by atoms with E-state index >= 15 is 0 Å². The first-order chi connectivity index (χ1) is 13.3. The van der Waals surface area contributed by atoms with E-state index in [2.05, 4.69) is 25.8 Å². The van der Waals surface area contributed by atoms with Gasteiger partial charge in [0.05, 0.1) is 12.8 Å². The molecule has 0 saturated carbocycles. The molecule has 0 spiro atoms. The molecular formula is C20H25N5O2. The topological polar surface area (TPSA) is 61.8 Å². The number of hydrogen-bond donors (Lipinski definition) is 0. The lowest BCUT2D eigenvalue weighted by atomic mass is 10.2. The molecule has 142 valence electrons. The Labute approximate surface area is 159 Å². The number of nitrogens with zero attached hydrogens (tertiary/aromatic N) is 5. The van der Waals surface area contributed by atoms with E-state index in [9.17, 15) is 4.79 Å². The van der Waals surface area contributed by atoms with Crippen molar-refractivity contribution in [3.63, 3.8) is 0 Å². The number of aromatic nitrogens is 2. The van der Waals surface area contributed by atoms with Crippen LogP contribution in [0.2, 0.25) is 0 Å². The van der Waals surface area contributed by atoms with Gasteiger partial charge >= 0.3 is 0 Å². The largest absolute Gasteiger partial charge is 0.495 e. The van der Waals surface area contributed by atoms with Gasteiger partial charge in [-0.3, -0.25) is 4.79 Å². The number of amides is 1. The number of piperazine rings is 1. The van der Waals surface area contributed by atoms with Crippen LogP contribution in [-0.2, 0) is 0 Å². The van der Waals surface area contributed by atoms with Gasteiger partial charge in [0.1, 0.15) is 23.6 Å².